The highest BCUT2D eigenvalue weighted by molar-refractivity contribution is 7.07. The average Bonchev–Trinajstić information content (AvgIpc) is 2.84. The molecule has 0 aliphatic rings. The largest absolute Gasteiger partial charge is 0.489 e. The Morgan fingerprint density at radius 1 is 1.36 bits per heavy atom. The second kappa shape index (κ2) is 7.09. The molecular weight excluding hydrogens is 302 g/mol. The fourth-order valence-corrected chi connectivity index (χ4v) is 2.70. The van der Waals surface area contributed by atoms with Crippen LogP contribution in [-0.2, 0) is 11.3 Å². The molecule has 6 heteroatoms. The molecule has 0 aliphatic heterocycles. The predicted octanol–water partition coefficient (Wildman–Crippen LogP) is 3.01. The highest BCUT2D eigenvalue weighted by atomic mass is 32.1. The van der Waals surface area contributed by atoms with Gasteiger partial charge in [0.1, 0.15) is 12.4 Å². The quantitative estimate of drug-likeness (QED) is 0.797. The summed E-state index contributed by atoms with van der Waals surface area (Å²) in [6.07, 6.45) is -0.0799. The summed E-state index contributed by atoms with van der Waals surface area (Å²) in [6, 6.07) is 7.35. The summed E-state index contributed by atoms with van der Waals surface area (Å²) >= 11 is 1.07. The maximum absolute atomic E-state index is 11.8. The van der Waals surface area contributed by atoms with Crippen LogP contribution in [0.4, 0.5) is 0 Å². The van der Waals surface area contributed by atoms with Crippen molar-refractivity contribution < 1.29 is 14.6 Å². The van der Waals surface area contributed by atoms with Gasteiger partial charge in [0.05, 0.1) is 12.1 Å². The van der Waals surface area contributed by atoms with E-state index < -0.39 is 5.97 Å². The molecule has 0 fully saturated rings. The Hall–Kier alpha value is -2.34. The van der Waals surface area contributed by atoms with Crippen LogP contribution in [-0.4, -0.2) is 22.2 Å². The summed E-state index contributed by atoms with van der Waals surface area (Å²) in [5, 5.41) is 10.5. The number of carbonyl (C=O) groups is 1. The van der Waals surface area contributed by atoms with Crippen molar-refractivity contribution >= 4 is 17.3 Å². The van der Waals surface area contributed by atoms with Gasteiger partial charge in [-0.15, -0.1) is 0 Å². The fraction of sp³-hybridized carbons (Fsp3) is 0.250. The lowest BCUT2D eigenvalue weighted by Gasteiger charge is -2.09. The van der Waals surface area contributed by atoms with Crippen molar-refractivity contribution in [2.75, 3.05) is 6.61 Å². The van der Waals surface area contributed by atoms with Crippen LogP contribution < -0.4 is 9.61 Å². The van der Waals surface area contributed by atoms with Gasteiger partial charge in [0, 0.05) is 11.9 Å². The Morgan fingerprint density at radius 2 is 2.05 bits per heavy atom. The smallest absolute Gasteiger partial charge is 0.307 e. The van der Waals surface area contributed by atoms with E-state index in [0.29, 0.717) is 6.61 Å². The maximum atomic E-state index is 11.8. The standard InChI is InChI=1S/C16H17NO4S/c1-11(2)9-21-13-5-3-12(4-6-13)14-10-22-16(20)17(14)8-7-15(18)19/h3-6,10H,1,7-9H2,2H3,(H,18,19). The third kappa shape index (κ3) is 4.08. The topological polar surface area (TPSA) is 68.5 Å². The number of carboxylic acid groups (broad SMARTS) is 1. The first-order chi connectivity index (χ1) is 10.5. The molecule has 2 aromatic rings. The van der Waals surface area contributed by atoms with Gasteiger partial charge >= 0.3 is 10.8 Å². The van der Waals surface area contributed by atoms with Gasteiger partial charge in [-0.1, -0.05) is 17.9 Å². The molecule has 0 aliphatic carbocycles. The Labute approximate surface area is 132 Å². The lowest BCUT2D eigenvalue weighted by atomic mass is 10.1. The second-order valence-corrected chi connectivity index (χ2v) is 5.77. The molecular formula is C16H17NO4S. The summed E-state index contributed by atoms with van der Waals surface area (Å²) in [5.41, 5.74) is 2.51. The van der Waals surface area contributed by atoms with E-state index in [4.69, 9.17) is 9.84 Å². The summed E-state index contributed by atoms with van der Waals surface area (Å²) in [5.74, 6) is -0.200. The van der Waals surface area contributed by atoms with Crippen LogP contribution in [0, 0.1) is 0 Å². The molecule has 0 atom stereocenters. The zero-order valence-corrected chi connectivity index (χ0v) is 13.1. The van der Waals surface area contributed by atoms with E-state index >= 15 is 0 Å². The summed E-state index contributed by atoms with van der Waals surface area (Å²) in [4.78, 5) is 22.4. The number of ether oxygens (including phenoxy) is 1. The molecule has 5 nitrogen and oxygen atoms in total. The van der Waals surface area contributed by atoms with Gasteiger partial charge in [-0.05, 0) is 42.3 Å². The van der Waals surface area contributed by atoms with Gasteiger partial charge in [-0.3, -0.25) is 14.2 Å². The molecule has 1 aromatic carbocycles. The molecule has 22 heavy (non-hydrogen) atoms. The van der Waals surface area contributed by atoms with Gasteiger partial charge in [0.25, 0.3) is 0 Å². The number of benzene rings is 1. The van der Waals surface area contributed by atoms with Crippen molar-refractivity contribution in [1.82, 2.24) is 4.57 Å². The number of rotatable bonds is 7. The van der Waals surface area contributed by atoms with Crippen LogP contribution in [0.3, 0.4) is 0 Å². The molecule has 0 unspecified atom stereocenters. The van der Waals surface area contributed by atoms with E-state index in [9.17, 15) is 9.59 Å². The van der Waals surface area contributed by atoms with E-state index in [2.05, 4.69) is 6.58 Å². The Kier molecular flexibility index (Phi) is 5.16. The zero-order valence-electron chi connectivity index (χ0n) is 12.2. The van der Waals surface area contributed by atoms with Crippen LogP contribution in [0.1, 0.15) is 13.3 Å². The number of thiazole rings is 1. The van der Waals surface area contributed by atoms with E-state index in [1.807, 2.05) is 31.2 Å². The van der Waals surface area contributed by atoms with Crippen LogP contribution in [0.5, 0.6) is 5.75 Å². The normalized spacial score (nSPS) is 10.4. The first-order valence-corrected chi connectivity index (χ1v) is 7.63. The molecule has 2 rings (SSSR count). The number of carboxylic acids is 1. The monoisotopic (exact) mass is 319 g/mol. The fourth-order valence-electron chi connectivity index (χ4n) is 1.90. The number of hydrogen-bond donors (Lipinski definition) is 1. The molecule has 0 saturated heterocycles. The van der Waals surface area contributed by atoms with Crippen LogP contribution in [0.2, 0.25) is 0 Å². The number of aromatic nitrogens is 1. The molecule has 1 heterocycles. The van der Waals surface area contributed by atoms with E-state index in [1.165, 1.54) is 4.57 Å². The van der Waals surface area contributed by atoms with Crippen molar-refractivity contribution in [3.63, 3.8) is 0 Å². The molecule has 1 N–H and O–H groups in total. The predicted molar refractivity (Wildman–Crippen MR) is 86.6 cm³/mol. The summed E-state index contributed by atoms with van der Waals surface area (Å²) < 4.78 is 7.02. The lowest BCUT2D eigenvalue weighted by Crippen LogP contribution is -2.16. The minimum Gasteiger partial charge on any atom is -0.489 e. The molecule has 0 radical (unpaired) electrons. The van der Waals surface area contributed by atoms with Crippen LogP contribution in [0.15, 0.2) is 46.6 Å². The number of hydrogen-bond acceptors (Lipinski definition) is 4. The third-order valence-electron chi connectivity index (χ3n) is 2.97. The van der Waals surface area contributed by atoms with Gasteiger partial charge in [-0.2, -0.15) is 0 Å². The average molecular weight is 319 g/mol. The first kappa shape index (κ1) is 16.0. The SMILES string of the molecule is C=C(C)COc1ccc(-c2csc(=O)n2CCC(=O)O)cc1. The molecule has 0 spiro atoms. The number of aliphatic carboxylic acids is 1. The van der Waals surface area contributed by atoms with Gasteiger partial charge in [0.2, 0.25) is 0 Å². The first-order valence-electron chi connectivity index (χ1n) is 6.75. The minimum absolute atomic E-state index is 0.0799. The summed E-state index contributed by atoms with van der Waals surface area (Å²) in [7, 11) is 0. The van der Waals surface area contributed by atoms with Crippen molar-refractivity contribution in [3.8, 4) is 17.0 Å². The summed E-state index contributed by atoms with van der Waals surface area (Å²) in [6.45, 7) is 6.29. The van der Waals surface area contributed by atoms with Crippen LogP contribution >= 0.6 is 11.3 Å². The van der Waals surface area contributed by atoms with Crippen molar-refractivity contribution in [3.05, 3.63) is 51.5 Å². The molecule has 0 bridgehead atoms. The van der Waals surface area contributed by atoms with E-state index in [-0.39, 0.29) is 17.8 Å². The highest BCUT2D eigenvalue weighted by Crippen LogP contribution is 2.23. The molecule has 116 valence electrons. The number of nitrogens with zero attached hydrogens (tertiary/aromatic N) is 1. The zero-order chi connectivity index (χ0) is 16.1. The Bertz CT molecular complexity index is 727. The maximum Gasteiger partial charge on any atom is 0.307 e. The van der Waals surface area contributed by atoms with Gasteiger partial charge in [0.15, 0.2) is 0 Å². The van der Waals surface area contributed by atoms with Crippen molar-refractivity contribution in [1.29, 1.82) is 0 Å². The Morgan fingerprint density at radius 3 is 2.64 bits per heavy atom. The van der Waals surface area contributed by atoms with Gasteiger partial charge < -0.3 is 9.84 Å². The highest BCUT2D eigenvalue weighted by Gasteiger charge is 2.10. The van der Waals surface area contributed by atoms with Gasteiger partial charge in [-0.25, -0.2) is 0 Å². The minimum atomic E-state index is -0.924. The second-order valence-electron chi connectivity index (χ2n) is 4.95. The molecule has 1 aromatic heterocycles. The lowest BCUT2D eigenvalue weighted by molar-refractivity contribution is -0.137. The molecule has 0 amide bonds. The third-order valence-corrected chi connectivity index (χ3v) is 3.73. The van der Waals surface area contributed by atoms with Crippen LogP contribution in [0.25, 0.3) is 11.3 Å². The Balaban J connectivity index is 2.19. The molecule has 0 saturated carbocycles. The van der Waals surface area contributed by atoms with E-state index in [1.54, 1.807) is 5.38 Å². The van der Waals surface area contributed by atoms with E-state index in [0.717, 1.165) is 33.9 Å². The van der Waals surface area contributed by atoms with Crippen molar-refractivity contribution in [2.45, 2.75) is 19.9 Å². The van der Waals surface area contributed by atoms with Crippen molar-refractivity contribution in [2.24, 2.45) is 0 Å².